The lowest BCUT2D eigenvalue weighted by Gasteiger charge is -2.29. The van der Waals surface area contributed by atoms with Crippen molar-refractivity contribution >= 4 is 0 Å². The van der Waals surface area contributed by atoms with Gasteiger partial charge in [0.1, 0.15) is 17.2 Å². The van der Waals surface area contributed by atoms with Crippen LogP contribution in [0.25, 0.3) is 22.5 Å². The quantitative estimate of drug-likeness (QED) is 0.0805. The fraction of sp³-hybridized carbons (Fsp3) is 0.439. The molecule has 1 aliphatic rings. The monoisotopic (exact) mass is 813 g/mol. The zero-order valence-corrected chi connectivity index (χ0v) is 32.9. The van der Waals surface area contributed by atoms with Gasteiger partial charge >= 0.3 is 12.4 Å². The van der Waals surface area contributed by atoms with Crippen LogP contribution in [0.5, 0.6) is 17.2 Å². The lowest BCUT2D eigenvalue weighted by atomic mass is 9.93. The van der Waals surface area contributed by atoms with Crippen LogP contribution in [0.1, 0.15) is 54.0 Å². The van der Waals surface area contributed by atoms with Gasteiger partial charge in [0.15, 0.2) is 0 Å². The molecule has 58 heavy (non-hydrogen) atoms. The van der Waals surface area contributed by atoms with Gasteiger partial charge in [-0.3, -0.25) is 14.8 Å². The summed E-state index contributed by atoms with van der Waals surface area (Å²) >= 11 is 0. The Balaban J connectivity index is 1.23. The molecule has 0 radical (unpaired) electrons. The molecule has 1 fully saturated rings. The summed E-state index contributed by atoms with van der Waals surface area (Å²) in [7, 11) is 7.56. The van der Waals surface area contributed by atoms with Gasteiger partial charge in [-0.1, -0.05) is 0 Å². The predicted molar refractivity (Wildman–Crippen MR) is 208 cm³/mol. The normalized spacial score (nSPS) is 16.3. The molecule has 0 aliphatic heterocycles. The number of halogens is 6. The third-order valence-electron chi connectivity index (χ3n) is 10.1. The van der Waals surface area contributed by atoms with Crippen molar-refractivity contribution in [2.45, 2.75) is 63.3 Å². The van der Waals surface area contributed by atoms with E-state index in [0.717, 1.165) is 48.5 Å². The van der Waals surface area contributed by atoms with E-state index in [-0.39, 0.29) is 29.2 Å². The maximum absolute atomic E-state index is 14.2. The van der Waals surface area contributed by atoms with Gasteiger partial charge in [0.2, 0.25) is 0 Å². The second-order valence-corrected chi connectivity index (χ2v) is 14.8. The van der Waals surface area contributed by atoms with Crippen LogP contribution in [0.2, 0.25) is 0 Å². The maximum Gasteiger partial charge on any atom is 0.416 e. The van der Waals surface area contributed by atoms with Crippen LogP contribution in [0.4, 0.5) is 26.3 Å². The minimum Gasteiger partial charge on any atom is -0.490 e. The highest BCUT2D eigenvalue weighted by Crippen LogP contribution is 2.40. The lowest BCUT2D eigenvalue weighted by Crippen LogP contribution is -2.27. The zero-order valence-electron chi connectivity index (χ0n) is 32.9. The van der Waals surface area contributed by atoms with Gasteiger partial charge in [-0.25, -0.2) is 0 Å². The molecule has 3 aromatic heterocycles. The third-order valence-corrected chi connectivity index (χ3v) is 10.1. The minimum atomic E-state index is -4.64. The van der Waals surface area contributed by atoms with Gasteiger partial charge < -0.3 is 29.9 Å². The number of nitrogens with one attached hydrogen (secondary N) is 3. The Labute approximate surface area is 333 Å². The number of aromatic amines is 1. The molecule has 17 heteroatoms. The number of pyridine rings is 1. The van der Waals surface area contributed by atoms with Crippen molar-refractivity contribution in [2.75, 3.05) is 54.4 Å². The Kier molecular flexibility index (Phi) is 13.8. The Bertz CT molecular complexity index is 2080. The van der Waals surface area contributed by atoms with Crippen molar-refractivity contribution in [1.82, 2.24) is 45.4 Å². The third kappa shape index (κ3) is 11.2. The highest BCUT2D eigenvalue weighted by molar-refractivity contribution is 5.67. The van der Waals surface area contributed by atoms with Crippen molar-refractivity contribution in [3.8, 4) is 39.8 Å². The van der Waals surface area contributed by atoms with Crippen LogP contribution < -0.4 is 20.1 Å². The van der Waals surface area contributed by atoms with E-state index in [9.17, 15) is 26.3 Å². The smallest absolute Gasteiger partial charge is 0.416 e. The molecule has 11 nitrogen and oxygen atoms in total. The van der Waals surface area contributed by atoms with Gasteiger partial charge in [-0.2, -0.15) is 36.5 Å². The molecule has 1 aliphatic carbocycles. The average Bonchev–Trinajstić information content (AvgIpc) is 3.83. The largest absolute Gasteiger partial charge is 0.490 e. The van der Waals surface area contributed by atoms with Gasteiger partial charge in [0, 0.05) is 80.1 Å². The van der Waals surface area contributed by atoms with Gasteiger partial charge in [0.25, 0.3) is 0 Å². The first kappa shape index (κ1) is 42.6. The van der Waals surface area contributed by atoms with Crippen LogP contribution in [0, 0.1) is 0 Å². The van der Waals surface area contributed by atoms with Crippen LogP contribution in [-0.2, 0) is 25.4 Å². The molecule has 1 saturated carbocycles. The number of rotatable bonds is 17. The van der Waals surface area contributed by atoms with Crippen molar-refractivity contribution in [1.29, 1.82) is 0 Å². The van der Waals surface area contributed by atoms with E-state index < -0.39 is 23.5 Å². The van der Waals surface area contributed by atoms with Crippen LogP contribution in [-0.4, -0.2) is 95.2 Å². The van der Waals surface area contributed by atoms with Crippen LogP contribution in [0.3, 0.4) is 0 Å². The van der Waals surface area contributed by atoms with Crippen molar-refractivity contribution < 1.29 is 35.8 Å². The molecule has 0 amide bonds. The molecular formula is C41H49F6N9O2. The summed E-state index contributed by atoms with van der Waals surface area (Å²) in [5.41, 5.74) is 1.31. The van der Waals surface area contributed by atoms with E-state index >= 15 is 0 Å². The first-order valence-electron chi connectivity index (χ1n) is 19.2. The molecule has 6 rings (SSSR count). The number of ether oxygens (including phenoxy) is 2. The van der Waals surface area contributed by atoms with E-state index in [1.54, 1.807) is 30.5 Å². The fourth-order valence-electron chi connectivity index (χ4n) is 7.10. The SMILES string of the molecule is CNCCN(C)Cc1cn(C2CCC(Oc3cc(-c4[nH]ncc4CN(C)CCNC)cc(C(F)(F)F)c3)CC2)nc1-c1cc(Oc2ccncc2)cc(C(F)(F)F)c1. The highest BCUT2D eigenvalue weighted by Gasteiger charge is 2.34. The number of likely N-dealkylation sites (N-methyl/N-ethyl adjacent to an activating group) is 4. The number of alkyl halides is 6. The molecule has 312 valence electrons. The van der Waals surface area contributed by atoms with E-state index in [2.05, 4.69) is 35.6 Å². The molecule has 0 unspecified atom stereocenters. The Morgan fingerprint density at radius 2 is 1.34 bits per heavy atom. The standard InChI is InChI=1S/C41H49F6N9O2/c1-48-13-15-54(3)24-29-23-51-52-38(29)27-17-31(40(42,43)44)21-36(19-27)57-34-7-5-33(6-8-34)56-26-30(25-55(4)16-14-49-2)39(53-56)28-18-32(41(45,46)47)22-37(20-28)58-35-9-11-50-12-10-35/h9-12,17-23,26,33-34,48-49H,5-8,13-16,24-25H2,1-4H3,(H,51,52). The van der Waals surface area contributed by atoms with Gasteiger partial charge in [0.05, 0.1) is 40.9 Å². The summed E-state index contributed by atoms with van der Waals surface area (Å²) in [6.07, 6.45) is -0.857. The summed E-state index contributed by atoms with van der Waals surface area (Å²) < 4.78 is 99.2. The van der Waals surface area contributed by atoms with E-state index in [1.807, 2.05) is 39.1 Å². The lowest BCUT2D eigenvalue weighted by molar-refractivity contribution is -0.138. The molecule has 0 spiro atoms. The molecular weight excluding hydrogens is 764 g/mol. The number of hydrogen-bond donors (Lipinski definition) is 3. The Morgan fingerprint density at radius 1 is 0.759 bits per heavy atom. The number of aromatic nitrogens is 5. The molecule has 3 heterocycles. The number of hydrogen-bond acceptors (Lipinski definition) is 9. The zero-order chi connectivity index (χ0) is 41.5. The predicted octanol–water partition coefficient (Wildman–Crippen LogP) is 8.03. The van der Waals surface area contributed by atoms with Crippen LogP contribution >= 0.6 is 0 Å². The second kappa shape index (κ2) is 18.7. The van der Waals surface area contributed by atoms with E-state index in [0.29, 0.717) is 74.6 Å². The summed E-state index contributed by atoms with van der Waals surface area (Å²) in [4.78, 5) is 8.06. The van der Waals surface area contributed by atoms with Crippen molar-refractivity contribution in [3.63, 3.8) is 0 Å². The molecule has 3 N–H and O–H groups in total. The van der Waals surface area contributed by atoms with Crippen molar-refractivity contribution in [2.24, 2.45) is 0 Å². The number of nitrogens with zero attached hydrogens (tertiary/aromatic N) is 6. The van der Waals surface area contributed by atoms with E-state index in [1.165, 1.54) is 12.4 Å². The van der Waals surface area contributed by atoms with Gasteiger partial charge in [-0.15, -0.1) is 0 Å². The Hall–Kier alpha value is -4.97. The number of H-pyrrole nitrogens is 1. The first-order valence-corrected chi connectivity index (χ1v) is 19.2. The van der Waals surface area contributed by atoms with E-state index in [4.69, 9.17) is 14.6 Å². The molecule has 5 aromatic rings. The van der Waals surface area contributed by atoms with Crippen LogP contribution in [0.15, 0.2) is 73.3 Å². The fourth-order valence-corrected chi connectivity index (χ4v) is 7.10. The summed E-state index contributed by atoms with van der Waals surface area (Å²) in [6, 6.07) is 10.4. The average molecular weight is 814 g/mol. The molecule has 0 bridgehead atoms. The molecule has 2 aromatic carbocycles. The Morgan fingerprint density at radius 3 is 1.97 bits per heavy atom. The summed E-state index contributed by atoms with van der Waals surface area (Å²) in [6.45, 7) is 3.81. The highest BCUT2D eigenvalue weighted by atomic mass is 19.4. The summed E-state index contributed by atoms with van der Waals surface area (Å²) in [5.74, 6) is 0.462. The first-order chi connectivity index (χ1) is 27.7. The maximum atomic E-state index is 14.2. The number of benzene rings is 2. The second-order valence-electron chi connectivity index (χ2n) is 14.8. The topological polar surface area (TPSA) is 108 Å². The van der Waals surface area contributed by atoms with Crippen molar-refractivity contribution in [3.05, 3.63) is 95.6 Å². The minimum absolute atomic E-state index is 0.0103. The van der Waals surface area contributed by atoms with Gasteiger partial charge in [-0.05, 0) is 102 Å². The summed E-state index contributed by atoms with van der Waals surface area (Å²) in [5, 5.41) is 18.1. The molecule has 0 saturated heterocycles. The molecule has 0 atom stereocenters.